The zero-order valence-electron chi connectivity index (χ0n) is 20.9. The fourth-order valence-corrected chi connectivity index (χ4v) is 4.27. The van der Waals surface area contributed by atoms with Crippen LogP contribution < -0.4 is 0 Å². The van der Waals surface area contributed by atoms with Gasteiger partial charge in [-0.15, -0.1) is 0 Å². The first-order chi connectivity index (χ1) is 15.8. The molecule has 0 aliphatic carbocycles. The van der Waals surface area contributed by atoms with Gasteiger partial charge in [0.25, 0.3) is 0 Å². The van der Waals surface area contributed by atoms with Crippen LogP contribution in [0.25, 0.3) is 0 Å². The molecular formula is C28H46N4. The lowest BCUT2D eigenvalue weighted by molar-refractivity contribution is 0.557. The van der Waals surface area contributed by atoms with Gasteiger partial charge >= 0.3 is 0 Å². The predicted molar refractivity (Wildman–Crippen MR) is 133 cm³/mol. The first kappa shape index (κ1) is 28.1. The molecule has 0 unspecified atom stereocenters. The summed E-state index contributed by atoms with van der Waals surface area (Å²) in [7, 11) is 0. The van der Waals surface area contributed by atoms with Gasteiger partial charge in [-0.05, 0) is 25.7 Å². The fourth-order valence-electron chi connectivity index (χ4n) is 4.27. The molecule has 1 aromatic heterocycles. The van der Waals surface area contributed by atoms with Crippen LogP contribution >= 0.6 is 0 Å². The first-order valence-electron chi connectivity index (χ1n) is 13.5. The normalized spacial score (nSPS) is 10.8. The van der Waals surface area contributed by atoms with Crippen molar-refractivity contribution in [1.29, 1.82) is 10.5 Å². The molecule has 178 valence electrons. The van der Waals surface area contributed by atoms with E-state index in [-0.39, 0.29) is 11.4 Å². The number of unbranched alkanes of at least 4 members (excludes halogenated alkanes) is 16. The number of aryl methyl sites for hydroxylation is 2. The van der Waals surface area contributed by atoms with E-state index in [1.54, 1.807) is 0 Å². The third-order valence-corrected chi connectivity index (χ3v) is 6.30. The Morgan fingerprint density at radius 3 is 1.03 bits per heavy atom. The SMILES string of the molecule is CCCCCCCCCCCc1nc(C#N)c(C#N)nc1CCCCCCCCCCC. The minimum Gasteiger partial charge on any atom is -0.237 e. The van der Waals surface area contributed by atoms with Crippen LogP contribution in [-0.4, -0.2) is 9.97 Å². The van der Waals surface area contributed by atoms with Crippen LogP contribution in [0.5, 0.6) is 0 Å². The highest BCUT2D eigenvalue weighted by Crippen LogP contribution is 2.17. The third kappa shape index (κ3) is 12.8. The minimum absolute atomic E-state index is 0.189. The Hall–Kier alpha value is -1.94. The Bertz CT molecular complexity index is 625. The van der Waals surface area contributed by atoms with Crippen LogP contribution in [0.15, 0.2) is 0 Å². The van der Waals surface area contributed by atoms with Crippen molar-refractivity contribution in [3.63, 3.8) is 0 Å². The summed E-state index contributed by atoms with van der Waals surface area (Å²) in [4.78, 5) is 9.08. The second-order valence-corrected chi connectivity index (χ2v) is 9.19. The molecule has 0 aliphatic heterocycles. The van der Waals surface area contributed by atoms with E-state index >= 15 is 0 Å². The van der Waals surface area contributed by atoms with E-state index in [9.17, 15) is 10.5 Å². The summed E-state index contributed by atoms with van der Waals surface area (Å²) in [6.07, 6.45) is 25.0. The highest BCUT2D eigenvalue weighted by Gasteiger charge is 2.13. The molecule has 0 fully saturated rings. The van der Waals surface area contributed by atoms with E-state index in [4.69, 9.17) is 0 Å². The van der Waals surface area contributed by atoms with Gasteiger partial charge < -0.3 is 0 Å². The third-order valence-electron chi connectivity index (χ3n) is 6.30. The van der Waals surface area contributed by atoms with Crippen molar-refractivity contribution in [2.75, 3.05) is 0 Å². The van der Waals surface area contributed by atoms with Gasteiger partial charge in [-0.25, -0.2) is 9.97 Å². The molecule has 4 nitrogen and oxygen atoms in total. The molecule has 1 aromatic rings. The van der Waals surface area contributed by atoms with Crippen molar-refractivity contribution < 1.29 is 0 Å². The number of rotatable bonds is 20. The second kappa shape index (κ2) is 19.7. The lowest BCUT2D eigenvalue weighted by Crippen LogP contribution is -2.07. The van der Waals surface area contributed by atoms with Crippen molar-refractivity contribution in [3.05, 3.63) is 22.8 Å². The van der Waals surface area contributed by atoms with Crippen LogP contribution in [0, 0.1) is 22.7 Å². The highest BCUT2D eigenvalue weighted by atomic mass is 14.8. The van der Waals surface area contributed by atoms with Crippen LogP contribution in [0.3, 0.4) is 0 Å². The van der Waals surface area contributed by atoms with Gasteiger partial charge in [0.15, 0.2) is 11.4 Å². The number of hydrogen-bond acceptors (Lipinski definition) is 4. The average Bonchev–Trinajstić information content (AvgIpc) is 2.82. The van der Waals surface area contributed by atoms with Gasteiger partial charge in [0.05, 0.1) is 11.4 Å². The van der Waals surface area contributed by atoms with Gasteiger partial charge in [0.2, 0.25) is 0 Å². The summed E-state index contributed by atoms with van der Waals surface area (Å²) < 4.78 is 0. The number of nitrogens with zero attached hydrogens (tertiary/aromatic N) is 4. The monoisotopic (exact) mass is 438 g/mol. The Labute approximate surface area is 197 Å². The Balaban J connectivity index is 2.41. The molecule has 0 saturated carbocycles. The maximum atomic E-state index is 9.34. The van der Waals surface area contributed by atoms with Crippen molar-refractivity contribution in [2.24, 2.45) is 0 Å². The standard InChI is InChI=1S/C28H46N4/c1-3-5-7-9-11-13-15-17-19-21-25-26(32-28(24-30)27(23-29)31-25)22-20-18-16-14-12-10-8-6-4-2/h3-22H2,1-2H3. The van der Waals surface area contributed by atoms with Crippen LogP contribution in [0.1, 0.15) is 152 Å². The molecule has 0 bridgehead atoms. The average molecular weight is 439 g/mol. The summed E-state index contributed by atoms with van der Waals surface area (Å²) in [5, 5.41) is 18.7. The Kier molecular flexibility index (Phi) is 17.3. The van der Waals surface area contributed by atoms with E-state index in [1.807, 2.05) is 0 Å². The lowest BCUT2D eigenvalue weighted by Gasteiger charge is -2.10. The molecule has 0 atom stereocenters. The summed E-state index contributed by atoms with van der Waals surface area (Å²) >= 11 is 0. The van der Waals surface area contributed by atoms with Gasteiger partial charge in [0.1, 0.15) is 12.1 Å². The molecule has 1 rings (SSSR count). The molecule has 0 saturated heterocycles. The smallest absolute Gasteiger partial charge is 0.177 e. The zero-order chi connectivity index (χ0) is 23.3. The largest absolute Gasteiger partial charge is 0.237 e. The van der Waals surface area contributed by atoms with Crippen molar-refractivity contribution in [3.8, 4) is 12.1 Å². The number of hydrogen-bond donors (Lipinski definition) is 0. The molecule has 0 aliphatic rings. The maximum Gasteiger partial charge on any atom is 0.177 e. The van der Waals surface area contributed by atoms with E-state index in [1.165, 1.54) is 103 Å². The zero-order valence-corrected chi connectivity index (χ0v) is 20.9. The Morgan fingerprint density at radius 2 is 0.750 bits per heavy atom. The Morgan fingerprint density at radius 1 is 0.469 bits per heavy atom. The minimum atomic E-state index is 0.189. The van der Waals surface area contributed by atoms with Gasteiger partial charge in [-0.2, -0.15) is 10.5 Å². The molecular weight excluding hydrogens is 392 g/mol. The molecule has 0 N–H and O–H groups in total. The first-order valence-corrected chi connectivity index (χ1v) is 13.5. The predicted octanol–water partition coefficient (Wildman–Crippen LogP) is 8.37. The van der Waals surface area contributed by atoms with E-state index in [0.717, 1.165) is 37.1 Å². The molecule has 0 radical (unpaired) electrons. The van der Waals surface area contributed by atoms with Crippen LogP contribution in [0.4, 0.5) is 0 Å². The topological polar surface area (TPSA) is 73.4 Å². The van der Waals surface area contributed by atoms with Crippen molar-refractivity contribution >= 4 is 0 Å². The van der Waals surface area contributed by atoms with Crippen molar-refractivity contribution in [1.82, 2.24) is 9.97 Å². The van der Waals surface area contributed by atoms with Crippen LogP contribution in [-0.2, 0) is 12.8 Å². The number of nitriles is 2. The van der Waals surface area contributed by atoms with Gasteiger partial charge in [0, 0.05) is 0 Å². The highest BCUT2D eigenvalue weighted by molar-refractivity contribution is 5.37. The van der Waals surface area contributed by atoms with Gasteiger partial charge in [-0.1, -0.05) is 117 Å². The van der Waals surface area contributed by atoms with E-state index in [0.29, 0.717) is 0 Å². The fraction of sp³-hybridized carbons (Fsp3) is 0.786. The molecule has 0 amide bonds. The second-order valence-electron chi connectivity index (χ2n) is 9.19. The summed E-state index contributed by atoms with van der Waals surface area (Å²) in [5.41, 5.74) is 2.27. The molecule has 1 heterocycles. The van der Waals surface area contributed by atoms with Crippen LogP contribution in [0.2, 0.25) is 0 Å². The maximum absolute atomic E-state index is 9.34. The molecule has 4 heteroatoms. The molecule has 0 aromatic carbocycles. The summed E-state index contributed by atoms with van der Waals surface area (Å²) in [5.74, 6) is 0. The summed E-state index contributed by atoms with van der Waals surface area (Å²) in [6, 6.07) is 4.12. The lowest BCUT2D eigenvalue weighted by atomic mass is 10.0. The quantitative estimate of drug-likeness (QED) is 0.192. The van der Waals surface area contributed by atoms with E-state index in [2.05, 4.69) is 36.0 Å². The van der Waals surface area contributed by atoms with Crippen molar-refractivity contribution in [2.45, 2.75) is 142 Å². The summed E-state index contributed by atoms with van der Waals surface area (Å²) in [6.45, 7) is 4.52. The number of aromatic nitrogens is 2. The van der Waals surface area contributed by atoms with E-state index < -0.39 is 0 Å². The molecule has 32 heavy (non-hydrogen) atoms. The van der Waals surface area contributed by atoms with Gasteiger partial charge in [-0.3, -0.25) is 0 Å². The molecule has 0 spiro atoms.